The van der Waals surface area contributed by atoms with Crippen molar-refractivity contribution >= 4 is 11.9 Å². The summed E-state index contributed by atoms with van der Waals surface area (Å²) in [5, 5.41) is 9.32. The number of benzene rings is 1. The Bertz CT molecular complexity index is 743. The second kappa shape index (κ2) is 7.27. The van der Waals surface area contributed by atoms with Gasteiger partial charge in [0.1, 0.15) is 0 Å². The van der Waals surface area contributed by atoms with Crippen LogP contribution in [0.3, 0.4) is 0 Å². The number of piperidine rings is 1. The number of aryl methyl sites for hydroxylation is 1. The van der Waals surface area contributed by atoms with Crippen molar-refractivity contribution in [2.75, 3.05) is 33.2 Å². The highest BCUT2D eigenvalue weighted by Crippen LogP contribution is 2.40. The highest BCUT2D eigenvalue weighted by atomic mass is 16.4. The third-order valence-corrected chi connectivity index (χ3v) is 6.90. The number of carboxylic acid groups (broad SMARTS) is 1. The Morgan fingerprint density at radius 3 is 2.78 bits per heavy atom. The van der Waals surface area contributed by atoms with E-state index in [4.69, 9.17) is 0 Å². The zero-order chi connectivity index (χ0) is 19.0. The van der Waals surface area contributed by atoms with E-state index in [2.05, 4.69) is 16.8 Å². The largest absolute Gasteiger partial charge is 0.478 e. The van der Waals surface area contributed by atoms with Gasteiger partial charge in [0.15, 0.2) is 0 Å². The fourth-order valence-electron chi connectivity index (χ4n) is 5.49. The van der Waals surface area contributed by atoms with Gasteiger partial charge in [-0.3, -0.25) is 4.79 Å². The molecular weight excluding hydrogens is 340 g/mol. The summed E-state index contributed by atoms with van der Waals surface area (Å²) >= 11 is 0. The number of carbonyl (C=O) groups is 2. The van der Waals surface area contributed by atoms with E-state index in [1.54, 1.807) is 12.1 Å². The van der Waals surface area contributed by atoms with Crippen LogP contribution in [0.1, 0.15) is 65.9 Å². The monoisotopic (exact) mass is 370 g/mol. The van der Waals surface area contributed by atoms with Crippen molar-refractivity contribution in [3.63, 3.8) is 0 Å². The van der Waals surface area contributed by atoms with Gasteiger partial charge in [-0.2, -0.15) is 0 Å². The SMILES string of the molecule is CN1CCC2(CCCN(C(=O)CC3CCCc4ccc(C(=O)O)cc43)C2)C1. The first-order valence-electron chi connectivity index (χ1n) is 10.3. The Labute approximate surface area is 161 Å². The van der Waals surface area contributed by atoms with Gasteiger partial charge in [0.05, 0.1) is 5.56 Å². The lowest BCUT2D eigenvalue weighted by Gasteiger charge is -2.41. The smallest absolute Gasteiger partial charge is 0.335 e. The van der Waals surface area contributed by atoms with E-state index in [1.807, 2.05) is 6.07 Å². The molecule has 5 nitrogen and oxygen atoms in total. The molecule has 2 saturated heterocycles. The molecule has 0 saturated carbocycles. The van der Waals surface area contributed by atoms with E-state index in [0.29, 0.717) is 17.4 Å². The predicted octanol–water partition coefficient (Wildman–Crippen LogP) is 3.14. The van der Waals surface area contributed by atoms with E-state index in [9.17, 15) is 14.7 Å². The van der Waals surface area contributed by atoms with Gasteiger partial charge in [-0.15, -0.1) is 0 Å². The summed E-state index contributed by atoms with van der Waals surface area (Å²) in [7, 11) is 2.18. The lowest BCUT2D eigenvalue weighted by Crippen LogP contribution is -2.47. The number of amides is 1. The average molecular weight is 370 g/mol. The van der Waals surface area contributed by atoms with Crippen molar-refractivity contribution in [2.45, 2.75) is 50.9 Å². The van der Waals surface area contributed by atoms with E-state index < -0.39 is 5.97 Å². The minimum absolute atomic E-state index is 0.157. The maximum atomic E-state index is 13.1. The predicted molar refractivity (Wildman–Crippen MR) is 104 cm³/mol. The summed E-state index contributed by atoms with van der Waals surface area (Å²) in [4.78, 5) is 28.9. The van der Waals surface area contributed by atoms with Crippen molar-refractivity contribution in [3.8, 4) is 0 Å². The number of aromatic carboxylic acids is 1. The number of carboxylic acids is 1. The molecule has 2 unspecified atom stereocenters. The molecule has 2 atom stereocenters. The molecule has 1 amide bonds. The number of hydrogen-bond donors (Lipinski definition) is 1. The van der Waals surface area contributed by atoms with Crippen molar-refractivity contribution in [3.05, 3.63) is 34.9 Å². The number of fused-ring (bicyclic) bond motifs is 1. The van der Waals surface area contributed by atoms with Crippen molar-refractivity contribution in [2.24, 2.45) is 5.41 Å². The summed E-state index contributed by atoms with van der Waals surface area (Å²) in [5.74, 6) is -0.483. The number of carbonyl (C=O) groups excluding carboxylic acids is 1. The molecule has 2 aliphatic heterocycles. The van der Waals surface area contributed by atoms with E-state index in [1.165, 1.54) is 18.4 Å². The van der Waals surface area contributed by atoms with Gasteiger partial charge < -0.3 is 14.9 Å². The number of hydrogen-bond acceptors (Lipinski definition) is 3. The van der Waals surface area contributed by atoms with Gasteiger partial charge in [0, 0.05) is 31.5 Å². The average Bonchev–Trinajstić information content (AvgIpc) is 3.01. The van der Waals surface area contributed by atoms with Crippen LogP contribution in [0.15, 0.2) is 18.2 Å². The summed E-state index contributed by atoms with van der Waals surface area (Å²) < 4.78 is 0. The minimum atomic E-state index is -0.892. The Morgan fingerprint density at radius 2 is 2.04 bits per heavy atom. The molecule has 0 aromatic heterocycles. The molecule has 5 heteroatoms. The van der Waals surface area contributed by atoms with Crippen molar-refractivity contribution < 1.29 is 14.7 Å². The molecule has 1 aromatic rings. The van der Waals surface area contributed by atoms with Gasteiger partial charge in [-0.25, -0.2) is 4.79 Å². The topological polar surface area (TPSA) is 60.9 Å². The van der Waals surface area contributed by atoms with Crippen LogP contribution < -0.4 is 0 Å². The molecule has 0 radical (unpaired) electrons. The molecule has 1 spiro atoms. The molecule has 2 heterocycles. The molecule has 1 aromatic carbocycles. The molecule has 0 bridgehead atoms. The molecular formula is C22H30N2O3. The Morgan fingerprint density at radius 1 is 1.19 bits per heavy atom. The molecule has 4 rings (SSSR count). The van der Waals surface area contributed by atoms with Crippen molar-refractivity contribution in [1.29, 1.82) is 0 Å². The van der Waals surface area contributed by atoms with Gasteiger partial charge in [-0.1, -0.05) is 6.07 Å². The second-order valence-corrected chi connectivity index (χ2v) is 8.92. The van der Waals surface area contributed by atoms with Crippen LogP contribution >= 0.6 is 0 Å². The second-order valence-electron chi connectivity index (χ2n) is 8.92. The molecule has 27 heavy (non-hydrogen) atoms. The van der Waals surface area contributed by atoms with Crippen LogP contribution in [0.5, 0.6) is 0 Å². The van der Waals surface area contributed by atoms with Gasteiger partial charge >= 0.3 is 5.97 Å². The summed E-state index contributed by atoms with van der Waals surface area (Å²) in [6, 6.07) is 5.44. The Balaban J connectivity index is 1.47. The highest BCUT2D eigenvalue weighted by Gasteiger charge is 2.41. The van der Waals surface area contributed by atoms with Crippen LogP contribution in [-0.4, -0.2) is 60.0 Å². The quantitative estimate of drug-likeness (QED) is 0.888. The maximum Gasteiger partial charge on any atom is 0.335 e. The maximum absolute atomic E-state index is 13.1. The molecule has 2 fully saturated rings. The first-order valence-corrected chi connectivity index (χ1v) is 10.3. The van der Waals surface area contributed by atoms with Crippen LogP contribution in [0, 0.1) is 5.41 Å². The van der Waals surface area contributed by atoms with Crippen LogP contribution in [0.4, 0.5) is 0 Å². The van der Waals surface area contributed by atoms with Crippen molar-refractivity contribution in [1.82, 2.24) is 9.80 Å². The van der Waals surface area contributed by atoms with Gasteiger partial charge in [0.25, 0.3) is 0 Å². The lowest BCUT2D eigenvalue weighted by atomic mass is 9.78. The number of rotatable bonds is 3. The summed E-state index contributed by atoms with van der Waals surface area (Å²) in [5.41, 5.74) is 2.93. The van der Waals surface area contributed by atoms with E-state index >= 15 is 0 Å². The normalized spacial score (nSPS) is 28.3. The van der Waals surface area contributed by atoms with Crippen LogP contribution in [0.2, 0.25) is 0 Å². The van der Waals surface area contributed by atoms with Crippen LogP contribution in [-0.2, 0) is 11.2 Å². The highest BCUT2D eigenvalue weighted by molar-refractivity contribution is 5.88. The number of nitrogens with zero attached hydrogens (tertiary/aromatic N) is 2. The molecule has 146 valence electrons. The fourth-order valence-corrected chi connectivity index (χ4v) is 5.49. The Kier molecular flexibility index (Phi) is 4.97. The van der Waals surface area contributed by atoms with E-state index in [0.717, 1.165) is 57.4 Å². The van der Waals surface area contributed by atoms with Gasteiger partial charge in [0.2, 0.25) is 5.91 Å². The standard InChI is InChI=1S/C22H30N2O3/c1-23-11-9-22(14-23)8-3-10-24(15-22)20(25)13-17-5-2-4-16-6-7-18(21(26)27)12-19(16)17/h6-7,12,17H,2-5,8-11,13-15H2,1H3,(H,26,27). The minimum Gasteiger partial charge on any atom is -0.478 e. The summed E-state index contributed by atoms with van der Waals surface area (Å²) in [6.45, 7) is 4.00. The number of likely N-dealkylation sites (tertiary alicyclic amines) is 2. The zero-order valence-electron chi connectivity index (χ0n) is 16.2. The third-order valence-electron chi connectivity index (χ3n) is 6.90. The van der Waals surface area contributed by atoms with E-state index in [-0.39, 0.29) is 11.8 Å². The summed E-state index contributed by atoms with van der Waals surface area (Å²) in [6.07, 6.45) is 7.08. The lowest BCUT2D eigenvalue weighted by molar-refractivity contribution is -0.135. The first kappa shape index (κ1) is 18.5. The molecule has 3 aliphatic rings. The van der Waals surface area contributed by atoms with Gasteiger partial charge in [-0.05, 0) is 81.3 Å². The molecule has 1 N–H and O–H groups in total. The molecule has 1 aliphatic carbocycles. The zero-order valence-corrected chi connectivity index (χ0v) is 16.2. The third kappa shape index (κ3) is 3.75. The fraction of sp³-hybridized carbons (Fsp3) is 0.636. The Hall–Kier alpha value is -1.88. The van der Waals surface area contributed by atoms with Crippen LogP contribution in [0.25, 0.3) is 0 Å². The first-order chi connectivity index (χ1) is 13.0.